The lowest BCUT2D eigenvalue weighted by Gasteiger charge is -2.30. The summed E-state index contributed by atoms with van der Waals surface area (Å²) in [5.41, 5.74) is 15.0. The van der Waals surface area contributed by atoms with Crippen LogP contribution in [0.1, 0.15) is 40.2 Å². The van der Waals surface area contributed by atoms with Crippen LogP contribution < -0.4 is 16.8 Å². The number of benzene rings is 2. The largest absolute Gasteiger partial charge is 0.401 e. The van der Waals surface area contributed by atoms with Crippen molar-refractivity contribution in [2.45, 2.75) is 31.5 Å². The predicted molar refractivity (Wildman–Crippen MR) is 132 cm³/mol. The molecule has 1 fully saturated rings. The highest BCUT2D eigenvalue weighted by atomic mass is 32.2. The van der Waals surface area contributed by atoms with Gasteiger partial charge < -0.3 is 21.8 Å². The second-order valence-corrected chi connectivity index (χ2v) is 10.9. The number of fused-ring (bicyclic) bond motifs is 1. The van der Waals surface area contributed by atoms with Crippen molar-refractivity contribution in [3.63, 3.8) is 0 Å². The first-order valence-electron chi connectivity index (χ1n) is 11.5. The van der Waals surface area contributed by atoms with Gasteiger partial charge in [-0.2, -0.15) is 13.2 Å². The first-order chi connectivity index (χ1) is 17.0. The number of nitrogens with two attached hydrogens (primary N) is 2. The topological polar surface area (TPSA) is 134 Å². The Bertz CT molecular complexity index is 1360. The van der Waals surface area contributed by atoms with Crippen LogP contribution in [-0.2, 0) is 16.6 Å². The molecule has 1 aromatic heterocycles. The number of nitrogens with one attached hydrogen (secondary N) is 2. The molecule has 0 aliphatic carbocycles. The SMILES string of the molecule is NCS(=O)(=O)N1CCC(c2c[nH]c3c(C(N)=O)cc(-c4cccc(CNCC(F)(F)F)c4)cc23)CC1. The highest BCUT2D eigenvalue weighted by molar-refractivity contribution is 7.89. The first kappa shape index (κ1) is 26.1. The van der Waals surface area contributed by atoms with Crippen LogP contribution in [0.3, 0.4) is 0 Å². The van der Waals surface area contributed by atoms with E-state index in [9.17, 15) is 26.4 Å². The summed E-state index contributed by atoms with van der Waals surface area (Å²) in [4.78, 5) is 15.4. The fourth-order valence-corrected chi connectivity index (χ4v) is 5.69. The highest BCUT2D eigenvalue weighted by Gasteiger charge is 2.29. The number of carbonyl (C=O) groups is 1. The number of alkyl halides is 3. The van der Waals surface area contributed by atoms with Gasteiger partial charge >= 0.3 is 6.18 Å². The van der Waals surface area contributed by atoms with Gasteiger partial charge in [0, 0.05) is 31.2 Å². The summed E-state index contributed by atoms with van der Waals surface area (Å²) >= 11 is 0. The Morgan fingerprint density at radius 2 is 1.86 bits per heavy atom. The Kier molecular flexibility index (Phi) is 7.41. The smallest absolute Gasteiger partial charge is 0.366 e. The van der Waals surface area contributed by atoms with Crippen molar-refractivity contribution < 1.29 is 26.4 Å². The zero-order valence-corrected chi connectivity index (χ0v) is 20.3. The fourth-order valence-electron chi connectivity index (χ4n) is 4.71. The summed E-state index contributed by atoms with van der Waals surface area (Å²) in [6.45, 7) is -0.344. The van der Waals surface area contributed by atoms with E-state index in [1.54, 1.807) is 24.3 Å². The Balaban J connectivity index is 1.65. The van der Waals surface area contributed by atoms with Crippen LogP contribution in [0.25, 0.3) is 22.0 Å². The Labute approximate surface area is 206 Å². The lowest BCUT2D eigenvalue weighted by molar-refractivity contribution is -0.125. The molecule has 0 atom stereocenters. The molecule has 0 saturated carbocycles. The molecule has 4 rings (SSSR count). The van der Waals surface area contributed by atoms with Crippen LogP contribution >= 0.6 is 0 Å². The molecule has 0 radical (unpaired) electrons. The van der Waals surface area contributed by atoms with Gasteiger partial charge in [-0.15, -0.1) is 0 Å². The van der Waals surface area contributed by atoms with Crippen molar-refractivity contribution in [1.82, 2.24) is 14.6 Å². The monoisotopic (exact) mass is 523 g/mol. The molecule has 0 bridgehead atoms. The van der Waals surface area contributed by atoms with E-state index in [-0.39, 0.29) is 12.5 Å². The minimum atomic E-state index is -4.30. The van der Waals surface area contributed by atoms with Gasteiger partial charge in [-0.25, -0.2) is 12.7 Å². The van der Waals surface area contributed by atoms with Crippen LogP contribution in [0, 0.1) is 0 Å². The molecule has 12 heteroatoms. The van der Waals surface area contributed by atoms with Crippen molar-refractivity contribution in [3.05, 3.63) is 59.3 Å². The van der Waals surface area contributed by atoms with E-state index in [2.05, 4.69) is 10.3 Å². The molecule has 1 aliphatic heterocycles. The van der Waals surface area contributed by atoms with Gasteiger partial charge in [0.1, 0.15) is 5.88 Å². The number of nitrogens with zero attached hydrogens (tertiary/aromatic N) is 1. The molecule has 3 aromatic rings. The summed E-state index contributed by atoms with van der Waals surface area (Å²) in [6.07, 6.45) is -1.27. The van der Waals surface area contributed by atoms with E-state index in [1.807, 2.05) is 18.3 Å². The van der Waals surface area contributed by atoms with E-state index < -0.39 is 34.5 Å². The number of hydrogen-bond acceptors (Lipinski definition) is 5. The van der Waals surface area contributed by atoms with Gasteiger partial charge in [0.25, 0.3) is 5.91 Å². The second kappa shape index (κ2) is 10.2. The fraction of sp³-hybridized carbons (Fsp3) is 0.375. The predicted octanol–water partition coefficient (Wildman–Crippen LogP) is 3.01. The molecule has 6 N–H and O–H groups in total. The maximum Gasteiger partial charge on any atom is 0.401 e. The van der Waals surface area contributed by atoms with Gasteiger partial charge in [0.15, 0.2) is 0 Å². The number of primary amides is 1. The number of sulfonamides is 1. The summed E-state index contributed by atoms with van der Waals surface area (Å²) in [5, 5.41) is 3.19. The van der Waals surface area contributed by atoms with Crippen LogP contribution in [0.4, 0.5) is 13.2 Å². The molecule has 36 heavy (non-hydrogen) atoms. The molecule has 1 saturated heterocycles. The maximum absolute atomic E-state index is 12.5. The molecular formula is C24H28F3N5O3S. The Morgan fingerprint density at radius 1 is 1.14 bits per heavy atom. The number of amides is 1. The average molecular weight is 524 g/mol. The summed E-state index contributed by atoms with van der Waals surface area (Å²) < 4.78 is 63.1. The standard InChI is InChI=1S/C24H28F3N5O3S/c25-24(26,27)13-30-11-15-2-1-3-17(8-15)18-9-19-21(12-31-22(19)20(10-18)23(29)33)16-4-6-32(7-5-16)36(34,35)14-28/h1-3,8-10,12,16,30-31H,4-7,11,13-14,28H2,(H2,29,33). The number of carbonyl (C=O) groups excluding carboxylic acids is 1. The van der Waals surface area contributed by atoms with Gasteiger partial charge in [-0.1, -0.05) is 18.2 Å². The van der Waals surface area contributed by atoms with Crippen LogP contribution in [0.5, 0.6) is 0 Å². The number of rotatable bonds is 8. The van der Waals surface area contributed by atoms with E-state index in [1.165, 1.54) is 4.31 Å². The summed E-state index contributed by atoms with van der Waals surface area (Å²) in [7, 11) is -3.46. The number of piperidine rings is 1. The lowest BCUT2D eigenvalue weighted by atomic mass is 9.88. The van der Waals surface area contributed by atoms with E-state index in [0.29, 0.717) is 48.1 Å². The average Bonchev–Trinajstić information content (AvgIpc) is 3.27. The normalized spacial score (nSPS) is 16.0. The van der Waals surface area contributed by atoms with E-state index in [0.717, 1.165) is 16.5 Å². The second-order valence-electron chi connectivity index (χ2n) is 8.93. The molecule has 1 aliphatic rings. The summed E-state index contributed by atoms with van der Waals surface area (Å²) in [5.74, 6) is -0.972. The van der Waals surface area contributed by atoms with Crippen molar-refractivity contribution in [3.8, 4) is 11.1 Å². The van der Waals surface area contributed by atoms with Gasteiger partial charge in [-0.3, -0.25) is 4.79 Å². The van der Waals surface area contributed by atoms with Crippen molar-refractivity contribution in [2.75, 3.05) is 25.5 Å². The third-order valence-corrected chi connectivity index (χ3v) is 8.07. The number of aromatic nitrogens is 1. The minimum absolute atomic E-state index is 0.0396. The van der Waals surface area contributed by atoms with E-state index >= 15 is 0 Å². The summed E-state index contributed by atoms with van der Waals surface area (Å²) in [6, 6.07) is 10.7. The highest BCUT2D eigenvalue weighted by Crippen LogP contribution is 2.37. The molecule has 194 valence electrons. The van der Waals surface area contributed by atoms with Crippen LogP contribution in [0.15, 0.2) is 42.6 Å². The van der Waals surface area contributed by atoms with Gasteiger partial charge in [0.2, 0.25) is 10.0 Å². The third kappa shape index (κ3) is 5.72. The van der Waals surface area contributed by atoms with Crippen LogP contribution in [-0.4, -0.2) is 55.3 Å². The number of hydrogen-bond donors (Lipinski definition) is 4. The quantitative estimate of drug-likeness (QED) is 0.360. The molecule has 0 unspecified atom stereocenters. The Morgan fingerprint density at radius 3 is 2.50 bits per heavy atom. The zero-order valence-electron chi connectivity index (χ0n) is 19.4. The zero-order chi connectivity index (χ0) is 26.1. The van der Waals surface area contributed by atoms with Crippen molar-refractivity contribution in [1.29, 1.82) is 0 Å². The molecule has 2 aromatic carbocycles. The number of H-pyrrole nitrogens is 1. The van der Waals surface area contributed by atoms with Crippen molar-refractivity contribution in [2.24, 2.45) is 11.5 Å². The first-order valence-corrected chi connectivity index (χ1v) is 13.1. The Hall–Kier alpha value is -2.93. The molecule has 1 amide bonds. The number of aromatic amines is 1. The van der Waals surface area contributed by atoms with Crippen LogP contribution in [0.2, 0.25) is 0 Å². The number of halogens is 3. The molecular weight excluding hydrogens is 495 g/mol. The third-order valence-electron chi connectivity index (χ3n) is 6.50. The van der Waals surface area contributed by atoms with E-state index in [4.69, 9.17) is 11.5 Å². The molecule has 8 nitrogen and oxygen atoms in total. The van der Waals surface area contributed by atoms with Gasteiger partial charge in [0.05, 0.1) is 17.6 Å². The lowest BCUT2D eigenvalue weighted by Crippen LogP contribution is -2.40. The van der Waals surface area contributed by atoms with Crippen molar-refractivity contribution >= 4 is 26.8 Å². The molecule has 0 spiro atoms. The maximum atomic E-state index is 12.5. The minimum Gasteiger partial charge on any atom is -0.366 e. The van der Waals surface area contributed by atoms with Gasteiger partial charge in [-0.05, 0) is 59.2 Å². The molecule has 2 heterocycles.